The van der Waals surface area contributed by atoms with Crippen molar-refractivity contribution in [1.29, 1.82) is 0 Å². The van der Waals surface area contributed by atoms with E-state index in [1.807, 2.05) is 72.8 Å². The summed E-state index contributed by atoms with van der Waals surface area (Å²) in [4.78, 5) is 23.2. The number of rotatable bonds is 9. The minimum absolute atomic E-state index is 0.0143. The molecule has 2 aromatic rings. The van der Waals surface area contributed by atoms with Crippen molar-refractivity contribution < 1.29 is 19.1 Å². The molecule has 0 fully saturated rings. The maximum absolute atomic E-state index is 11.6. The maximum atomic E-state index is 11.6. The van der Waals surface area contributed by atoms with Gasteiger partial charge in [-0.25, -0.2) is 0 Å². The molecule has 2 aromatic carbocycles. The molecule has 0 spiro atoms. The Hall–Kier alpha value is -3.14. The Labute approximate surface area is 153 Å². The molecule has 0 aromatic heterocycles. The Balaban J connectivity index is 1.56. The molecule has 0 saturated carbocycles. The molecular weight excluding hydrogens is 328 g/mol. The van der Waals surface area contributed by atoms with Gasteiger partial charge in [0.1, 0.15) is 13.2 Å². The van der Waals surface area contributed by atoms with Gasteiger partial charge in [0.25, 0.3) is 0 Å². The molecule has 2 rings (SSSR count). The third kappa shape index (κ3) is 8.11. The van der Waals surface area contributed by atoms with Gasteiger partial charge in [-0.2, -0.15) is 0 Å². The van der Waals surface area contributed by atoms with E-state index in [1.165, 1.54) is 0 Å². The van der Waals surface area contributed by atoms with Crippen LogP contribution in [0.25, 0.3) is 12.2 Å². The highest BCUT2D eigenvalue weighted by Crippen LogP contribution is 2.03. The van der Waals surface area contributed by atoms with Crippen molar-refractivity contribution in [2.24, 2.45) is 0 Å². The molecule has 4 nitrogen and oxygen atoms in total. The number of hydrogen-bond acceptors (Lipinski definition) is 4. The van der Waals surface area contributed by atoms with Crippen LogP contribution in [0.4, 0.5) is 0 Å². The highest BCUT2D eigenvalue weighted by atomic mass is 16.5. The van der Waals surface area contributed by atoms with Crippen molar-refractivity contribution in [3.05, 3.63) is 83.9 Å². The minimum atomic E-state index is -0.417. The monoisotopic (exact) mass is 350 g/mol. The molecule has 0 aliphatic rings. The smallest absolute Gasteiger partial charge is 0.306 e. The molecule has 0 amide bonds. The standard InChI is InChI=1S/C22H22O4/c23-21(25-17-7-13-19-9-3-1-4-10-19)15-16-22(24)26-18-8-14-20-11-5-2-6-12-20/h1-14H,15-18H2/b13-7+,14-8+. The molecule has 0 saturated heterocycles. The van der Waals surface area contributed by atoms with Gasteiger partial charge in [-0.3, -0.25) is 9.59 Å². The van der Waals surface area contributed by atoms with E-state index < -0.39 is 11.9 Å². The highest BCUT2D eigenvalue weighted by Gasteiger charge is 2.07. The Morgan fingerprint density at radius 1 is 0.654 bits per heavy atom. The first kappa shape index (κ1) is 19.2. The number of ether oxygens (including phenoxy) is 2. The van der Waals surface area contributed by atoms with E-state index in [1.54, 1.807) is 12.2 Å². The average molecular weight is 350 g/mol. The Bertz CT molecular complexity index is 668. The van der Waals surface area contributed by atoms with Crippen LogP contribution in [0.2, 0.25) is 0 Å². The predicted molar refractivity (Wildman–Crippen MR) is 102 cm³/mol. The quantitative estimate of drug-likeness (QED) is 0.634. The molecule has 26 heavy (non-hydrogen) atoms. The fraction of sp³-hybridized carbons (Fsp3) is 0.182. The number of benzene rings is 2. The van der Waals surface area contributed by atoms with Crippen molar-refractivity contribution in [3.63, 3.8) is 0 Å². The van der Waals surface area contributed by atoms with Gasteiger partial charge < -0.3 is 9.47 Å². The van der Waals surface area contributed by atoms with Crippen molar-refractivity contribution in [3.8, 4) is 0 Å². The van der Waals surface area contributed by atoms with Gasteiger partial charge in [-0.15, -0.1) is 0 Å². The lowest BCUT2D eigenvalue weighted by molar-refractivity contribution is -0.149. The van der Waals surface area contributed by atoms with Crippen LogP contribution in [0.1, 0.15) is 24.0 Å². The SMILES string of the molecule is O=C(CCC(=O)OC/C=C/c1ccccc1)OC/C=C/c1ccccc1. The first-order chi connectivity index (χ1) is 12.7. The Kier molecular flexibility index (Phi) is 8.43. The summed E-state index contributed by atoms with van der Waals surface area (Å²) in [5.74, 6) is -0.834. The lowest BCUT2D eigenvalue weighted by atomic mass is 10.2. The molecule has 0 N–H and O–H groups in total. The molecular formula is C22H22O4. The maximum Gasteiger partial charge on any atom is 0.306 e. The molecule has 0 aliphatic heterocycles. The van der Waals surface area contributed by atoms with E-state index >= 15 is 0 Å². The normalized spacial score (nSPS) is 10.9. The number of carbonyl (C=O) groups is 2. The lowest BCUT2D eigenvalue weighted by Gasteiger charge is -2.03. The zero-order chi connectivity index (χ0) is 18.5. The molecule has 0 aliphatic carbocycles. The zero-order valence-electron chi connectivity index (χ0n) is 14.5. The van der Waals surface area contributed by atoms with Gasteiger partial charge >= 0.3 is 11.9 Å². The highest BCUT2D eigenvalue weighted by molar-refractivity contribution is 5.77. The Morgan fingerprint density at radius 3 is 1.42 bits per heavy atom. The van der Waals surface area contributed by atoms with E-state index in [4.69, 9.17) is 9.47 Å². The second-order valence-corrected chi connectivity index (χ2v) is 5.49. The summed E-state index contributed by atoms with van der Waals surface area (Å²) >= 11 is 0. The number of carbonyl (C=O) groups excluding carboxylic acids is 2. The van der Waals surface area contributed by atoms with Crippen molar-refractivity contribution in [2.45, 2.75) is 12.8 Å². The Morgan fingerprint density at radius 2 is 1.04 bits per heavy atom. The van der Waals surface area contributed by atoms with E-state index in [-0.39, 0.29) is 26.1 Å². The summed E-state index contributed by atoms with van der Waals surface area (Å²) in [5.41, 5.74) is 2.08. The van der Waals surface area contributed by atoms with Gasteiger partial charge in [0.15, 0.2) is 0 Å². The average Bonchev–Trinajstić information content (AvgIpc) is 2.68. The molecule has 4 heteroatoms. The summed E-state index contributed by atoms with van der Waals surface area (Å²) in [6.45, 7) is 0.366. The summed E-state index contributed by atoms with van der Waals surface area (Å²) in [6.07, 6.45) is 7.31. The van der Waals surface area contributed by atoms with Crippen LogP contribution in [0.15, 0.2) is 72.8 Å². The fourth-order valence-electron chi connectivity index (χ4n) is 2.13. The van der Waals surface area contributed by atoms with Crippen LogP contribution in [0.3, 0.4) is 0 Å². The van der Waals surface area contributed by atoms with Crippen LogP contribution in [0.5, 0.6) is 0 Å². The minimum Gasteiger partial charge on any atom is -0.461 e. The van der Waals surface area contributed by atoms with Gasteiger partial charge in [0, 0.05) is 0 Å². The molecule has 0 unspecified atom stereocenters. The van der Waals surface area contributed by atoms with Crippen LogP contribution in [-0.2, 0) is 19.1 Å². The summed E-state index contributed by atoms with van der Waals surface area (Å²) in [6, 6.07) is 19.5. The largest absolute Gasteiger partial charge is 0.461 e. The van der Waals surface area contributed by atoms with Gasteiger partial charge in [0.2, 0.25) is 0 Å². The summed E-state index contributed by atoms with van der Waals surface area (Å²) in [7, 11) is 0. The molecule has 0 bridgehead atoms. The van der Waals surface area contributed by atoms with E-state index in [2.05, 4.69) is 0 Å². The zero-order valence-corrected chi connectivity index (χ0v) is 14.5. The number of esters is 2. The summed E-state index contributed by atoms with van der Waals surface area (Å²) < 4.78 is 10.1. The van der Waals surface area contributed by atoms with Crippen LogP contribution in [-0.4, -0.2) is 25.2 Å². The van der Waals surface area contributed by atoms with Crippen LogP contribution in [0, 0.1) is 0 Å². The van der Waals surface area contributed by atoms with Crippen LogP contribution >= 0.6 is 0 Å². The van der Waals surface area contributed by atoms with Gasteiger partial charge in [0.05, 0.1) is 12.8 Å². The second kappa shape index (κ2) is 11.4. The second-order valence-electron chi connectivity index (χ2n) is 5.49. The first-order valence-electron chi connectivity index (χ1n) is 8.48. The van der Waals surface area contributed by atoms with Crippen molar-refractivity contribution in [2.75, 3.05) is 13.2 Å². The number of hydrogen-bond donors (Lipinski definition) is 0. The van der Waals surface area contributed by atoms with Crippen molar-refractivity contribution in [1.82, 2.24) is 0 Å². The fourth-order valence-corrected chi connectivity index (χ4v) is 2.13. The summed E-state index contributed by atoms with van der Waals surface area (Å²) in [5, 5.41) is 0. The topological polar surface area (TPSA) is 52.6 Å². The van der Waals surface area contributed by atoms with E-state index in [9.17, 15) is 9.59 Å². The van der Waals surface area contributed by atoms with Crippen LogP contribution < -0.4 is 0 Å². The molecule has 0 radical (unpaired) electrons. The van der Waals surface area contributed by atoms with Crippen molar-refractivity contribution >= 4 is 24.1 Å². The van der Waals surface area contributed by atoms with Gasteiger partial charge in [-0.1, -0.05) is 72.8 Å². The van der Waals surface area contributed by atoms with E-state index in [0.29, 0.717) is 0 Å². The first-order valence-corrected chi connectivity index (χ1v) is 8.48. The van der Waals surface area contributed by atoms with Gasteiger partial charge in [-0.05, 0) is 23.3 Å². The molecule has 0 atom stereocenters. The third-order valence-electron chi connectivity index (χ3n) is 3.43. The van der Waals surface area contributed by atoms with E-state index in [0.717, 1.165) is 11.1 Å². The molecule has 134 valence electrons. The molecule has 0 heterocycles. The third-order valence-corrected chi connectivity index (χ3v) is 3.43. The lowest BCUT2D eigenvalue weighted by Crippen LogP contribution is -2.10. The predicted octanol–water partition coefficient (Wildman–Crippen LogP) is 4.28.